The summed E-state index contributed by atoms with van der Waals surface area (Å²) < 4.78 is 28.2. The zero-order chi connectivity index (χ0) is 15.9. The molecule has 0 atom stereocenters. The molecule has 0 fully saturated rings. The molecule has 0 saturated heterocycles. The molecule has 0 aliphatic heterocycles. The summed E-state index contributed by atoms with van der Waals surface area (Å²) >= 11 is 0. The molecule has 2 rings (SSSR count). The SMILES string of the molecule is O=C(/C=C/c1ccc(OC(F)F)cc1)Nc1cccc(O)c1. The molecule has 2 N–H and O–H groups in total. The number of halogens is 2. The van der Waals surface area contributed by atoms with Crippen LogP contribution in [0.5, 0.6) is 11.5 Å². The molecular formula is C16H13F2NO3. The van der Waals surface area contributed by atoms with Crippen LogP contribution in [0.4, 0.5) is 14.5 Å². The summed E-state index contributed by atoms with van der Waals surface area (Å²) in [5.74, 6) is -0.272. The van der Waals surface area contributed by atoms with Gasteiger partial charge in [-0.25, -0.2) is 0 Å². The van der Waals surface area contributed by atoms with Gasteiger partial charge in [0.25, 0.3) is 0 Å². The van der Waals surface area contributed by atoms with Crippen molar-refractivity contribution in [2.75, 3.05) is 5.32 Å². The van der Waals surface area contributed by atoms with Gasteiger partial charge < -0.3 is 15.2 Å². The van der Waals surface area contributed by atoms with Gasteiger partial charge in [-0.2, -0.15) is 8.78 Å². The third-order valence-corrected chi connectivity index (χ3v) is 2.65. The zero-order valence-electron chi connectivity index (χ0n) is 11.4. The van der Waals surface area contributed by atoms with Crippen molar-refractivity contribution in [3.63, 3.8) is 0 Å². The number of phenols is 1. The van der Waals surface area contributed by atoms with Gasteiger partial charge >= 0.3 is 6.61 Å². The number of amides is 1. The number of hydrogen-bond acceptors (Lipinski definition) is 3. The van der Waals surface area contributed by atoms with E-state index in [2.05, 4.69) is 10.1 Å². The van der Waals surface area contributed by atoms with Gasteiger partial charge in [-0.05, 0) is 35.9 Å². The summed E-state index contributed by atoms with van der Waals surface area (Å²) in [6, 6.07) is 12.0. The Bertz CT molecular complexity index is 669. The number of nitrogens with one attached hydrogen (secondary N) is 1. The van der Waals surface area contributed by atoms with Gasteiger partial charge in [-0.15, -0.1) is 0 Å². The van der Waals surface area contributed by atoms with E-state index in [1.165, 1.54) is 36.4 Å². The van der Waals surface area contributed by atoms with Crippen LogP contribution in [0.3, 0.4) is 0 Å². The van der Waals surface area contributed by atoms with Crippen molar-refractivity contribution in [1.29, 1.82) is 0 Å². The molecule has 0 aliphatic rings. The molecule has 0 aliphatic carbocycles. The van der Waals surface area contributed by atoms with Crippen molar-refractivity contribution < 1.29 is 23.4 Å². The Hall–Kier alpha value is -2.89. The first kappa shape index (κ1) is 15.5. The summed E-state index contributed by atoms with van der Waals surface area (Å²) in [5, 5.41) is 11.9. The van der Waals surface area contributed by atoms with E-state index >= 15 is 0 Å². The highest BCUT2D eigenvalue weighted by molar-refractivity contribution is 6.02. The Balaban J connectivity index is 1.94. The maximum atomic E-state index is 12.0. The summed E-state index contributed by atoms with van der Waals surface area (Å²) in [6.07, 6.45) is 2.83. The van der Waals surface area contributed by atoms with Gasteiger partial charge in [-0.1, -0.05) is 18.2 Å². The number of hydrogen-bond donors (Lipinski definition) is 2. The lowest BCUT2D eigenvalue weighted by Gasteiger charge is -2.04. The number of carbonyl (C=O) groups is 1. The maximum absolute atomic E-state index is 12.0. The number of phenolic OH excluding ortho intramolecular Hbond substituents is 1. The highest BCUT2D eigenvalue weighted by atomic mass is 19.3. The molecule has 0 radical (unpaired) electrons. The van der Waals surface area contributed by atoms with E-state index in [4.69, 9.17) is 0 Å². The Kier molecular flexibility index (Phi) is 5.08. The molecule has 0 spiro atoms. The molecule has 4 nitrogen and oxygen atoms in total. The molecule has 114 valence electrons. The molecule has 0 saturated carbocycles. The Morgan fingerprint density at radius 1 is 1.18 bits per heavy atom. The first-order chi connectivity index (χ1) is 10.5. The standard InChI is InChI=1S/C16H13F2NO3/c17-16(18)22-14-7-4-11(5-8-14)6-9-15(21)19-12-2-1-3-13(20)10-12/h1-10,16,20H,(H,19,21)/b9-6+. The Labute approximate surface area is 125 Å². The van der Waals surface area contributed by atoms with Crippen LogP contribution in [0.1, 0.15) is 5.56 Å². The minimum atomic E-state index is -2.87. The number of benzene rings is 2. The second-order valence-electron chi connectivity index (χ2n) is 4.32. The number of aromatic hydroxyl groups is 1. The van der Waals surface area contributed by atoms with E-state index in [0.717, 1.165) is 0 Å². The highest BCUT2D eigenvalue weighted by Crippen LogP contribution is 2.17. The summed E-state index contributed by atoms with van der Waals surface area (Å²) in [4.78, 5) is 11.7. The van der Waals surface area contributed by atoms with Crippen LogP contribution in [0.2, 0.25) is 0 Å². The second kappa shape index (κ2) is 7.21. The Morgan fingerprint density at radius 2 is 1.91 bits per heavy atom. The van der Waals surface area contributed by atoms with Crippen LogP contribution in [0, 0.1) is 0 Å². The summed E-state index contributed by atoms with van der Waals surface area (Å²) in [5.41, 5.74) is 1.13. The van der Waals surface area contributed by atoms with E-state index in [-0.39, 0.29) is 17.4 Å². The van der Waals surface area contributed by atoms with Gasteiger partial charge in [0, 0.05) is 17.8 Å². The second-order valence-corrected chi connectivity index (χ2v) is 4.32. The van der Waals surface area contributed by atoms with Gasteiger partial charge in [0.2, 0.25) is 5.91 Å². The van der Waals surface area contributed by atoms with E-state index in [1.54, 1.807) is 24.3 Å². The van der Waals surface area contributed by atoms with E-state index in [9.17, 15) is 18.7 Å². The molecule has 2 aromatic carbocycles. The predicted molar refractivity (Wildman–Crippen MR) is 78.8 cm³/mol. The lowest BCUT2D eigenvalue weighted by molar-refractivity contribution is -0.111. The Morgan fingerprint density at radius 3 is 2.55 bits per heavy atom. The number of anilines is 1. The van der Waals surface area contributed by atoms with Crippen molar-refractivity contribution in [2.24, 2.45) is 0 Å². The fraction of sp³-hybridized carbons (Fsp3) is 0.0625. The lowest BCUT2D eigenvalue weighted by Crippen LogP contribution is -2.07. The van der Waals surface area contributed by atoms with E-state index in [0.29, 0.717) is 11.3 Å². The average molecular weight is 305 g/mol. The van der Waals surface area contributed by atoms with Gasteiger partial charge in [0.1, 0.15) is 11.5 Å². The van der Waals surface area contributed by atoms with Crippen molar-refractivity contribution in [2.45, 2.75) is 6.61 Å². The highest BCUT2D eigenvalue weighted by Gasteiger charge is 2.03. The lowest BCUT2D eigenvalue weighted by atomic mass is 10.2. The van der Waals surface area contributed by atoms with Crippen molar-refractivity contribution in [3.05, 3.63) is 60.2 Å². The topological polar surface area (TPSA) is 58.6 Å². The molecule has 0 unspecified atom stereocenters. The molecule has 1 amide bonds. The molecule has 0 heterocycles. The average Bonchev–Trinajstić information content (AvgIpc) is 2.46. The first-order valence-corrected chi connectivity index (χ1v) is 6.36. The third-order valence-electron chi connectivity index (χ3n) is 2.65. The van der Waals surface area contributed by atoms with Crippen LogP contribution in [-0.4, -0.2) is 17.6 Å². The summed E-state index contributed by atoms with van der Waals surface area (Å²) in [6.45, 7) is -2.87. The smallest absolute Gasteiger partial charge is 0.387 e. The minimum absolute atomic E-state index is 0.0522. The quantitative estimate of drug-likeness (QED) is 0.829. The predicted octanol–water partition coefficient (Wildman–Crippen LogP) is 3.65. The fourth-order valence-electron chi connectivity index (χ4n) is 1.70. The fourth-order valence-corrected chi connectivity index (χ4v) is 1.70. The minimum Gasteiger partial charge on any atom is -0.508 e. The van der Waals surface area contributed by atoms with Crippen molar-refractivity contribution in [1.82, 2.24) is 0 Å². The van der Waals surface area contributed by atoms with Crippen LogP contribution in [0.25, 0.3) is 6.08 Å². The normalized spacial score (nSPS) is 10.9. The zero-order valence-corrected chi connectivity index (χ0v) is 11.4. The van der Waals surface area contributed by atoms with Gasteiger partial charge in [0.05, 0.1) is 0 Å². The van der Waals surface area contributed by atoms with Crippen molar-refractivity contribution in [3.8, 4) is 11.5 Å². The number of carbonyl (C=O) groups excluding carboxylic acids is 1. The number of ether oxygens (including phenoxy) is 1. The van der Waals surface area contributed by atoms with Crippen LogP contribution in [0.15, 0.2) is 54.6 Å². The molecule has 0 aromatic heterocycles. The molecule has 0 bridgehead atoms. The largest absolute Gasteiger partial charge is 0.508 e. The van der Waals surface area contributed by atoms with Gasteiger partial charge in [0.15, 0.2) is 0 Å². The first-order valence-electron chi connectivity index (χ1n) is 6.36. The molecule has 2 aromatic rings. The van der Waals surface area contributed by atoms with Crippen LogP contribution in [-0.2, 0) is 4.79 Å². The number of rotatable bonds is 5. The van der Waals surface area contributed by atoms with E-state index < -0.39 is 6.61 Å². The van der Waals surface area contributed by atoms with Crippen molar-refractivity contribution >= 4 is 17.7 Å². The molecule has 22 heavy (non-hydrogen) atoms. The monoisotopic (exact) mass is 305 g/mol. The van der Waals surface area contributed by atoms with Crippen LogP contribution < -0.4 is 10.1 Å². The molecular weight excluding hydrogens is 292 g/mol. The van der Waals surface area contributed by atoms with Crippen LogP contribution >= 0.6 is 0 Å². The maximum Gasteiger partial charge on any atom is 0.387 e. The number of alkyl halides is 2. The summed E-state index contributed by atoms with van der Waals surface area (Å²) in [7, 11) is 0. The van der Waals surface area contributed by atoms with Gasteiger partial charge in [-0.3, -0.25) is 4.79 Å². The molecule has 6 heteroatoms. The third kappa shape index (κ3) is 4.90. The van der Waals surface area contributed by atoms with E-state index in [1.807, 2.05) is 0 Å².